The maximum absolute atomic E-state index is 13.4. The van der Waals surface area contributed by atoms with Gasteiger partial charge in [-0.3, -0.25) is 19.2 Å². The smallest absolute Gasteiger partial charge is 0.315 e. The van der Waals surface area contributed by atoms with Crippen molar-refractivity contribution in [1.29, 1.82) is 0 Å². The fourth-order valence-corrected chi connectivity index (χ4v) is 5.31. The Kier molecular flexibility index (Phi) is 5.91. The number of nitrogens with zero attached hydrogens (tertiary/aromatic N) is 3. The normalized spacial score (nSPS) is 20.3. The summed E-state index contributed by atoms with van der Waals surface area (Å²) < 4.78 is 41.8. The van der Waals surface area contributed by atoms with Gasteiger partial charge in [0.2, 0.25) is 0 Å². The van der Waals surface area contributed by atoms with Gasteiger partial charge in [0.1, 0.15) is 0 Å². The molecule has 34 heavy (non-hydrogen) atoms. The molecule has 1 atom stereocenters. The number of imide groups is 1. The van der Waals surface area contributed by atoms with Crippen LogP contribution in [0.15, 0.2) is 47.5 Å². The minimum Gasteiger partial charge on any atom is -0.315 e. The molecule has 0 spiro atoms. The zero-order valence-electron chi connectivity index (χ0n) is 17.6. The molecule has 0 unspecified atom stereocenters. The summed E-state index contributed by atoms with van der Waals surface area (Å²) in [5.41, 5.74) is 0.601. The lowest BCUT2D eigenvalue weighted by Crippen LogP contribution is -2.39. The van der Waals surface area contributed by atoms with E-state index < -0.39 is 11.7 Å². The van der Waals surface area contributed by atoms with Crippen molar-refractivity contribution in [1.82, 2.24) is 20.0 Å². The van der Waals surface area contributed by atoms with Gasteiger partial charge in [0.15, 0.2) is 0 Å². The van der Waals surface area contributed by atoms with Crippen molar-refractivity contribution < 1.29 is 22.8 Å². The van der Waals surface area contributed by atoms with E-state index in [-0.39, 0.29) is 34.3 Å². The Morgan fingerprint density at radius 3 is 2.76 bits per heavy atom. The van der Waals surface area contributed by atoms with Gasteiger partial charge >= 0.3 is 6.18 Å². The number of carbonyl (C=O) groups is 2. The molecule has 2 aliphatic heterocycles. The molecule has 176 valence electrons. The summed E-state index contributed by atoms with van der Waals surface area (Å²) in [6.45, 7) is 1.29. The molecule has 0 radical (unpaired) electrons. The van der Waals surface area contributed by atoms with Crippen molar-refractivity contribution in [2.24, 2.45) is 0 Å². The molecule has 2 aromatic carbocycles. The van der Waals surface area contributed by atoms with Crippen LogP contribution in [0.3, 0.4) is 0 Å². The highest BCUT2D eigenvalue weighted by atomic mass is 35.5. The second-order valence-electron chi connectivity index (χ2n) is 8.12. The van der Waals surface area contributed by atoms with Crippen LogP contribution in [0.1, 0.15) is 23.1 Å². The van der Waals surface area contributed by atoms with Crippen LogP contribution >= 0.6 is 23.4 Å². The highest BCUT2D eigenvalue weighted by Crippen LogP contribution is 2.36. The lowest BCUT2D eigenvalue weighted by atomic mass is 10.1. The molecule has 1 N–H and O–H groups in total. The lowest BCUT2D eigenvalue weighted by molar-refractivity contribution is -0.138. The summed E-state index contributed by atoms with van der Waals surface area (Å²) in [6, 6.07) is 8.83. The second kappa shape index (κ2) is 8.75. The Balaban J connectivity index is 1.41. The number of thioether (sulfide) groups is 1. The van der Waals surface area contributed by atoms with Gasteiger partial charge in [0.05, 0.1) is 34.8 Å². The average molecular weight is 507 g/mol. The van der Waals surface area contributed by atoms with Crippen molar-refractivity contribution in [2.45, 2.75) is 25.2 Å². The van der Waals surface area contributed by atoms with E-state index in [2.05, 4.69) is 10.4 Å². The lowest BCUT2D eigenvalue weighted by Gasteiger charge is -2.19. The molecule has 3 aromatic rings. The molecule has 0 saturated carbocycles. The first-order valence-electron chi connectivity index (χ1n) is 10.5. The molecule has 2 fully saturated rings. The molecule has 2 aliphatic rings. The van der Waals surface area contributed by atoms with E-state index in [1.54, 1.807) is 30.5 Å². The number of hydrogen-bond donors (Lipinski definition) is 1. The third-order valence-electron chi connectivity index (χ3n) is 5.88. The highest BCUT2D eigenvalue weighted by Gasteiger charge is 2.40. The second-order valence-corrected chi connectivity index (χ2v) is 9.55. The van der Waals surface area contributed by atoms with Crippen molar-refractivity contribution >= 4 is 51.5 Å². The third kappa shape index (κ3) is 4.33. The molecule has 2 saturated heterocycles. The largest absolute Gasteiger partial charge is 0.416 e. The van der Waals surface area contributed by atoms with Crippen LogP contribution in [-0.2, 0) is 17.5 Å². The summed E-state index contributed by atoms with van der Waals surface area (Å²) in [6.07, 6.45) is -0.579. The number of benzene rings is 2. The van der Waals surface area contributed by atoms with Crippen molar-refractivity contribution in [3.05, 3.63) is 69.2 Å². The van der Waals surface area contributed by atoms with E-state index in [1.807, 2.05) is 0 Å². The van der Waals surface area contributed by atoms with Gasteiger partial charge in [0, 0.05) is 17.0 Å². The summed E-state index contributed by atoms with van der Waals surface area (Å²) in [5, 5.41) is 7.85. The number of hydrogen-bond acceptors (Lipinski definition) is 5. The van der Waals surface area contributed by atoms with Crippen LogP contribution < -0.4 is 5.32 Å². The quantitative estimate of drug-likeness (QED) is 0.495. The van der Waals surface area contributed by atoms with Gasteiger partial charge in [-0.1, -0.05) is 23.7 Å². The molecular formula is C23H18ClF3N4O2S. The summed E-state index contributed by atoms with van der Waals surface area (Å²) >= 11 is 6.68. The zero-order chi connectivity index (χ0) is 24.0. The summed E-state index contributed by atoms with van der Waals surface area (Å²) in [4.78, 5) is 26.8. The van der Waals surface area contributed by atoms with Crippen molar-refractivity contribution in [3.8, 4) is 0 Å². The molecule has 11 heteroatoms. The standard InChI is InChI=1S/C23H18ClF3N4O2S/c24-16-3-2-14(18(9-16)23(25,26)27)12-30-19-4-1-13(7-15(19)10-29-30)8-20-21(32)31(22(33)34-20)17-5-6-28-11-17/h1-4,7-10,17,28H,5-6,11-12H2/t17-/m0/s1. The number of rotatable bonds is 4. The minimum absolute atomic E-state index is 0.0136. The van der Waals surface area contributed by atoms with Crippen molar-refractivity contribution in [3.63, 3.8) is 0 Å². The predicted octanol–water partition coefficient (Wildman–Crippen LogP) is 5.16. The number of aromatic nitrogens is 2. The van der Waals surface area contributed by atoms with E-state index in [9.17, 15) is 22.8 Å². The Labute approximate surface area is 201 Å². The summed E-state index contributed by atoms with van der Waals surface area (Å²) in [7, 11) is 0. The van der Waals surface area contributed by atoms with E-state index in [4.69, 9.17) is 11.6 Å². The number of fused-ring (bicyclic) bond motifs is 1. The number of carbonyl (C=O) groups excluding carboxylic acids is 2. The fourth-order valence-electron chi connectivity index (χ4n) is 4.24. The van der Waals surface area contributed by atoms with Crippen LogP contribution in [0.4, 0.5) is 18.0 Å². The Bertz CT molecular complexity index is 1330. The first-order chi connectivity index (χ1) is 16.2. The summed E-state index contributed by atoms with van der Waals surface area (Å²) in [5.74, 6) is -0.304. The predicted molar refractivity (Wildman–Crippen MR) is 124 cm³/mol. The number of nitrogens with one attached hydrogen (secondary N) is 1. The first-order valence-corrected chi connectivity index (χ1v) is 11.7. The van der Waals surface area contributed by atoms with Crippen LogP contribution in [0.2, 0.25) is 5.02 Å². The van der Waals surface area contributed by atoms with E-state index in [1.165, 1.54) is 21.7 Å². The SMILES string of the molecule is O=C1SC(=Cc2ccc3c(cnn3Cc3ccc(Cl)cc3C(F)(F)F)c2)C(=O)N1[C@H]1CCNC1. The minimum atomic E-state index is -4.53. The van der Waals surface area contributed by atoms with Crippen LogP contribution in [0.25, 0.3) is 17.0 Å². The molecule has 3 heterocycles. The zero-order valence-corrected chi connectivity index (χ0v) is 19.2. The van der Waals surface area contributed by atoms with Gasteiger partial charge in [-0.15, -0.1) is 0 Å². The maximum atomic E-state index is 13.4. The number of amides is 2. The van der Waals surface area contributed by atoms with Crippen LogP contribution in [0, 0.1) is 0 Å². The van der Waals surface area contributed by atoms with Gasteiger partial charge in [-0.25, -0.2) is 0 Å². The van der Waals surface area contributed by atoms with Crippen LogP contribution in [-0.4, -0.2) is 45.0 Å². The average Bonchev–Trinajstić information content (AvgIpc) is 3.49. The highest BCUT2D eigenvalue weighted by molar-refractivity contribution is 8.18. The molecule has 0 aliphatic carbocycles. The Hall–Kier alpha value is -2.82. The fraction of sp³-hybridized carbons (Fsp3) is 0.261. The molecular weight excluding hydrogens is 489 g/mol. The van der Waals surface area contributed by atoms with E-state index >= 15 is 0 Å². The molecule has 0 bridgehead atoms. The monoisotopic (exact) mass is 506 g/mol. The van der Waals surface area contributed by atoms with E-state index in [0.29, 0.717) is 27.9 Å². The maximum Gasteiger partial charge on any atom is 0.416 e. The van der Waals surface area contributed by atoms with Gasteiger partial charge < -0.3 is 5.32 Å². The number of halogens is 4. The molecule has 2 amide bonds. The Morgan fingerprint density at radius 2 is 2.03 bits per heavy atom. The topological polar surface area (TPSA) is 67.2 Å². The first kappa shape index (κ1) is 22.9. The molecule has 1 aromatic heterocycles. The van der Waals surface area contributed by atoms with Crippen molar-refractivity contribution in [2.75, 3.05) is 13.1 Å². The van der Waals surface area contributed by atoms with E-state index in [0.717, 1.165) is 30.8 Å². The molecule has 5 rings (SSSR count). The number of alkyl halides is 3. The van der Waals surface area contributed by atoms with Crippen LogP contribution in [0.5, 0.6) is 0 Å². The van der Waals surface area contributed by atoms with Gasteiger partial charge in [-0.2, -0.15) is 18.3 Å². The van der Waals surface area contributed by atoms with Gasteiger partial charge in [-0.05, 0) is 66.2 Å². The Morgan fingerprint density at radius 1 is 1.21 bits per heavy atom. The molecule has 6 nitrogen and oxygen atoms in total. The van der Waals surface area contributed by atoms with Gasteiger partial charge in [0.25, 0.3) is 11.1 Å². The third-order valence-corrected chi connectivity index (χ3v) is 7.00.